The van der Waals surface area contributed by atoms with Crippen LogP contribution in [0.25, 0.3) is 11.0 Å². The molecule has 0 amide bonds. The van der Waals surface area contributed by atoms with Gasteiger partial charge in [0.2, 0.25) is 0 Å². The van der Waals surface area contributed by atoms with Crippen molar-refractivity contribution in [3.63, 3.8) is 0 Å². The zero-order chi connectivity index (χ0) is 19.8. The van der Waals surface area contributed by atoms with Crippen LogP contribution in [0.15, 0.2) is 59.8 Å². The van der Waals surface area contributed by atoms with Gasteiger partial charge in [-0.3, -0.25) is 4.79 Å². The van der Waals surface area contributed by atoms with Gasteiger partial charge < -0.3 is 14.0 Å². The maximum Gasteiger partial charge on any atom is 0.306 e. The van der Waals surface area contributed by atoms with Crippen LogP contribution in [0.3, 0.4) is 0 Å². The molecule has 28 heavy (non-hydrogen) atoms. The Morgan fingerprint density at radius 2 is 1.86 bits per heavy atom. The topological polar surface area (TPSA) is 53.4 Å². The molecular weight excluding hydrogens is 372 g/mol. The Hall–Kier alpha value is -2.47. The predicted octanol–water partition coefficient (Wildman–Crippen LogP) is 4.94. The first-order valence-electron chi connectivity index (χ1n) is 9.59. The van der Waals surface area contributed by atoms with Crippen molar-refractivity contribution in [1.29, 1.82) is 0 Å². The van der Waals surface area contributed by atoms with Gasteiger partial charge in [-0.2, -0.15) is 0 Å². The quantitative estimate of drug-likeness (QED) is 0.275. The van der Waals surface area contributed by atoms with E-state index in [4.69, 9.17) is 14.5 Å². The van der Waals surface area contributed by atoms with Crippen LogP contribution in [0.5, 0.6) is 5.75 Å². The third kappa shape index (κ3) is 5.76. The molecule has 0 unspecified atom stereocenters. The summed E-state index contributed by atoms with van der Waals surface area (Å²) < 4.78 is 13.2. The van der Waals surface area contributed by atoms with Crippen LogP contribution >= 0.6 is 11.8 Å². The van der Waals surface area contributed by atoms with Gasteiger partial charge in [0.25, 0.3) is 0 Å². The number of imidazole rings is 1. The average molecular weight is 399 g/mol. The number of hydrogen-bond donors (Lipinski definition) is 0. The lowest BCUT2D eigenvalue weighted by Crippen LogP contribution is -2.12. The minimum absolute atomic E-state index is 0.0719. The molecule has 148 valence electrons. The number of para-hydroxylation sites is 3. The lowest BCUT2D eigenvalue weighted by molar-refractivity contribution is -0.147. The van der Waals surface area contributed by atoms with Gasteiger partial charge in [0.15, 0.2) is 5.16 Å². The summed E-state index contributed by atoms with van der Waals surface area (Å²) in [7, 11) is 0. The molecule has 0 spiro atoms. The van der Waals surface area contributed by atoms with Crippen molar-refractivity contribution in [3.05, 3.63) is 54.6 Å². The highest BCUT2D eigenvalue weighted by atomic mass is 32.2. The van der Waals surface area contributed by atoms with Crippen molar-refractivity contribution in [2.24, 2.45) is 0 Å². The highest BCUT2D eigenvalue weighted by Gasteiger charge is 2.12. The largest absolute Gasteiger partial charge is 0.493 e. The fourth-order valence-corrected chi connectivity index (χ4v) is 3.75. The summed E-state index contributed by atoms with van der Waals surface area (Å²) in [5, 5.41) is 0.954. The number of esters is 1. The van der Waals surface area contributed by atoms with Crippen molar-refractivity contribution in [3.8, 4) is 5.75 Å². The van der Waals surface area contributed by atoms with Crippen molar-refractivity contribution in [1.82, 2.24) is 9.55 Å². The Labute approximate surface area is 170 Å². The first-order valence-corrected chi connectivity index (χ1v) is 10.6. The molecule has 0 aliphatic carbocycles. The number of hydrogen-bond acceptors (Lipinski definition) is 5. The molecule has 0 bridgehead atoms. The van der Waals surface area contributed by atoms with Crippen LogP contribution in [0, 0.1) is 0 Å². The zero-order valence-electron chi connectivity index (χ0n) is 16.3. The molecule has 0 saturated carbocycles. The molecule has 0 aliphatic heterocycles. The smallest absolute Gasteiger partial charge is 0.306 e. The summed E-state index contributed by atoms with van der Waals surface area (Å²) in [5.74, 6) is 1.53. The molecule has 0 N–H and O–H groups in total. The van der Waals surface area contributed by atoms with Crippen molar-refractivity contribution in [2.45, 2.75) is 44.5 Å². The highest BCUT2D eigenvalue weighted by Crippen LogP contribution is 2.25. The molecule has 6 heteroatoms. The van der Waals surface area contributed by atoms with Crippen LogP contribution in [0.4, 0.5) is 0 Å². The fraction of sp³-hybridized carbons (Fsp3) is 0.364. The van der Waals surface area contributed by atoms with E-state index in [0.717, 1.165) is 40.7 Å². The van der Waals surface area contributed by atoms with E-state index in [1.807, 2.05) is 62.4 Å². The summed E-state index contributed by atoms with van der Waals surface area (Å²) >= 11 is 1.67. The molecule has 0 radical (unpaired) electrons. The second kappa shape index (κ2) is 10.2. The molecule has 0 aliphatic rings. The number of benzene rings is 2. The third-order valence-corrected chi connectivity index (χ3v) is 5.02. The number of aryl methyl sites for hydroxylation is 1. The summed E-state index contributed by atoms with van der Waals surface area (Å²) in [6.07, 6.45) is 1.06. The Balaban J connectivity index is 1.59. The van der Waals surface area contributed by atoms with Crippen LogP contribution < -0.4 is 4.74 Å². The van der Waals surface area contributed by atoms with E-state index >= 15 is 0 Å². The van der Waals surface area contributed by atoms with Crippen LogP contribution in [-0.4, -0.2) is 34.0 Å². The standard InChI is InChI=1S/C22H26N2O3S/c1-17(2)27-21(25)13-8-14-24-20-12-7-6-11-19(20)23-22(24)28-16-15-26-18-9-4-3-5-10-18/h3-7,9-12,17H,8,13-16H2,1-2H3. The maximum absolute atomic E-state index is 11.8. The van der Waals surface area contributed by atoms with Gasteiger partial charge in [0, 0.05) is 18.7 Å². The van der Waals surface area contributed by atoms with Gasteiger partial charge in [0.05, 0.1) is 23.7 Å². The fourth-order valence-electron chi connectivity index (χ4n) is 2.89. The van der Waals surface area contributed by atoms with E-state index in [0.29, 0.717) is 13.0 Å². The van der Waals surface area contributed by atoms with Crippen LogP contribution in [0.2, 0.25) is 0 Å². The van der Waals surface area contributed by atoms with E-state index in [1.54, 1.807) is 11.8 Å². The lowest BCUT2D eigenvalue weighted by atomic mass is 10.3. The Kier molecular flexibility index (Phi) is 7.37. The number of ether oxygens (including phenoxy) is 2. The van der Waals surface area contributed by atoms with E-state index in [9.17, 15) is 4.79 Å². The minimum Gasteiger partial charge on any atom is -0.493 e. The van der Waals surface area contributed by atoms with E-state index in [2.05, 4.69) is 10.6 Å². The number of nitrogens with zero attached hydrogens (tertiary/aromatic N) is 2. The second-order valence-electron chi connectivity index (χ2n) is 6.69. The van der Waals surface area contributed by atoms with E-state index in [-0.39, 0.29) is 12.1 Å². The lowest BCUT2D eigenvalue weighted by Gasteiger charge is -2.10. The number of thioether (sulfide) groups is 1. The van der Waals surface area contributed by atoms with Crippen LogP contribution in [0.1, 0.15) is 26.7 Å². The average Bonchev–Trinajstić information content (AvgIpc) is 3.03. The molecule has 3 rings (SSSR count). The normalized spacial score (nSPS) is 11.1. The molecule has 5 nitrogen and oxygen atoms in total. The molecule has 2 aromatic carbocycles. The monoisotopic (exact) mass is 398 g/mol. The first-order chi connectivity index (χ1) is 13.6. The van der Waals surface area contributed by atoms with Crippen molar-refractivity contribution < 1.29 is 14.3 Å². The van der Waals surface area contributed by atoms with E-state index in [1.165, 1.54) is 0 Å². The Morgan fingerprint density at radius 1 is 1.11 bits per heavy atom. The highest BCUT2D eigenvalue weighted by molar-refractivity contribution is 7.99. The molecule has 1 heterocycles. The van der Waals surface area contributed by atoms with Gasteiger partial charge in [0.1, 0.15) is 5.75 Å². The number of carbonyl (C=O) groups is 1. The molecule has 3 aromatic rings. The number of rotatable bonds is 10. The van der Waals surface area contributed by atoms with Gasteiger partial charge in [-0.25, -0.2) is 4.98 Å². The van der Waals surface area contributed by atoms with Crippen molar-refractivity contribution >= 4 is 28.8 Å². The second-order valence-corrected chi connectivity index (χ2v) is 7.75. The Bertz CT molecular complexity index is 893. The summed E-state index contributed by atoms with van der Waals surface area (Å²) in [4.78, 5) is 16.6. The first kappa shape index (κ1) is 20.3. The summed E-state index contributed by atoms with van der Waals surface area (Å²) in [5.41, 5.74) is 2.06. The van der Waals surface area contributed by atoms with Gasteiger partial charge in [-0.1, -0.05) is 42.1 Å². The maximum atomic E-state index is 11.8. The van der Waals surface area contributed by atoms with Gasteiger partial charge in [-0.05, 0) is 44.5 Å². The van der Waals surface area contributed by atoms with Crippen LogP contribution in [-0.2, 0) is 16.1 Å². The SMILES string of the molecule is CC(C)OC(=O)CCCn1c(SCCOc2ccccc2)nc2ccccc21. The predicted molar refractivity (Wildman–Crippen MR) is 113 cm³/mol. The van der Waals surface area contributed by atoms with Gasteiger partial charge >= 0.3 is 5.97 Å². The Morgan fingerprint density at radius 3 is 2.64 bits per heavy atom. The van der Waals surface area contributed by atoms with Crippen molar-refractivity contribution in [2.75, 3.05) is 12.4 Å². The molecular formula is C22H26N2O3S. The third-order valence-electron chi connectivity index (χ3n) is 4.08. The molecule has 0 fully saturated rings. The zero-order valence-corrected chi connectivity index (χ0v) is 17.2. The summed E-state index contributed by atoms with van der Waals surface area (Å²) in [6.45, 7) is 5.08. The number of fused-ring (bicyclic) bond motifs is 1. The number of carbonyl (C=O) groups excluding carboxylic acids is 1. The van der Waals surface area contributed by atoms with Gasteiger partial charge in [-0.15, -0.1) is 0 Å². The number of aromatic nitrogens is 2. The molecule has 0 atom stereocenters. The minimum atomic E-state index is -0.148. The molecule has 0 saturated heterocycles. The van der Waals surface area contributed by atoms with E-state index < -0.39 is 0 Å². The summed E-state index contributed by atoms with van der Waals surface area (Å²) in [6, 6.07) is 17.9. The molecule has 1 aromatic heterocycles.